The van der Waals surface area contributed by atoms with Crippen LogP contribution in [0.3, 0.4) is 0 Å². The van der Waals surface area contributed by atoms with E-state index in [4.69, 9.17) is 4.74 Å². The van der Waals surface area contributed by atoms with Gasteiger partial charge in [-0.25, -0.2) is 9.59 Å². The molecule has 0 heterocycles. The van der Waals surface area contributed by atoms with Crippen molar-refractivity contribution in [1.29, 1.82) is 0 Å². The predicted octanol–water partition coefficient (Wildman–Crippen LogP) is 6.46. The van der Waals surface area contributed by atoms with Gasteiger partial charge in [0.25, 0.3) is 0 Å². The molecule has 168 valence electrons. The third-order valence-electron chi connectivity index (χ3n) is 8.45. The van der Waals surface area contributed by atoms with Crippen LogP contribution in [0.2, 0.25) is 0 Å². The van der Waals surface area contributed by atoms with E-state index in [-0.39, 0.29) is 11.4 Å². The minimum absolute atomic E-state index is 0.0848. The second-order valence-corrected chi connectivity index (χ2v) is 10.5. The van der Waals surface area contributed by atoms with E-state index in [1.54, 1.807) is 12.1 Å². The monoisotopic (exact) mass is 440 g/mol. The standard InChI is InChI=1S/C29H28O4/c1-33-28(32)25-7-6-23(21-2-3-22-12-24(27(30)31)5-4-20(22)11-21)13-26(25)29-14-17-8-18(15-29)10-19(9-17)16-29/h2-7,11-13,17-19H,8-10,14-16H2,1H3,(H,30,31). The number of benzene rings is 3. The van der Waals surface area contributed by atoms with Crippen LogP contribution in [0.15, 0.2) is 54.6 Å². The van der Waals surface area contributed by atoms with Crippen LogP contribution in [0.5, 0.6) is 0 Å². The lowest BCUT2D eigenvalue weighted by molar-refractivity contribution is -0.00591. The Labute approximate surface area is 193 Å². The SMILES string of the molecule is COC(=O)c1ccc(-c2ccc3cc(C(=O)O)ccc3c2)cc1C12CC3CC(CC(C3)C1)C2. The number of methoxy groups -OCH3 is 1. The number of fused-ring (bicyclic) bond motifs is 1. The van der Waals surface area contributed by atoms with Gasteiger partial charge in [0.15, 0.2) is 0 Å². The van der Waals surface area contributed by atoms with E-state index < -0.39 is 5.97 Å². The van der Waals surface area contributed by atoms with Gasteiger partial charge in [-0.2, -0.15) is 0 Å². The van der Waals surface area contributed by atoms with Crippen LogP contribution in [0.4, 0.5) is 0 Å². The van der Waals surface area contributed by atoms with Gasteiger partial charge in [-0.3, -0.25) is 0 Å². The van der Waals surface area contributed by atoms with Crippen molar-refractivity contribution in [3.05, 3.63) is 71.3 Å². The Morgan fingerprint density at radius 1 is 0.818 bits per heavy atom. The third-order valence-corrected chi connectivity index (χ3v) is 8.45. The van der Waals surface area contributed by atoms with E-state index in [0.717, 1.165) is 45.2 Å². The van der Waals surface area contributed by atoms with Crippen molar-refractivity contribution in [2.24, 2.45) is 17.8 Å². The first-order valence-corrected chi connectivity index (χ1v) is 11.9. The van der Waals surface area contributed by atoms with Crippen molar-refractivity contribution in [3.8, 4) is 11.1 Å². The number of carbonyl (C=O) groups excluding carboxylic acids is 1. The second-order valence-electron chi connectivity index (χ2n) is 10.5. The Kier molecular flexibility index (Phi) is 4.62. The summed E-state index contributed by atoms with van der Waals surface area (Å²) in [5.41, 5.74) is 4.44. The molecule has 3 aromatic rings. The smallest absolute Gasteiger partial charge is 0.338 e. The molecule has 0 spiro atoms. The summed E-state index contributed by atoms with van der Waals surface area (Å²) in [6.45, 7) is 0. The molecule has 4 bridgehead atoms. The van der Waals surface area contributed by atoms with E-state index in [1.807, 2.05) is 30.3 Å². The van der Waals surface area contributed by atoms with E-state index in [2.05, 4.69) is 12.1 Å². The van der Waals surface area contributed by atoms with Gasteiger partial charge in [0, 0.05) is 0 Å². The average Bonchev–Trinajstić information content (AvgIpc) is 2.81. The van der Waals surface area contributed by atoms with Crippen molar-refractivity contribution in [2.75, 3.05) is 7.11 Å². The first-order valence-electron chi connectivity index (χ1n) is 11.9. The highest BCUT2D eigenvalue weighted by molar-refractivity contribution is 5.96. The highest BCUT2D eigenvalue weighted by atomic mass is 16.5. The van der Waals surface area contributed by atoms with Gasteiger partial charge >= 0.3 is 11.9 Å². The predicted molar refractivity (Wildman–Crippen MR) is 128 cm³/mol. The van der Waals surface area contributed by atoms with Crippen LogP contribution in [-0.4, -0.2) is 24.2 Å². The summed E-state index contributed by atoms with van der Waals surface area (Å²) in [7, 11) is 1.47. The van der Waals surface area contributed by atoms with Crippen molar-refractivity contribution in [1.82, 2.24) is 0 Å². The second kappa shape index (κ2) is 7.44. The first-order chi connectivity index (χ1) is 15.9. The van der Waals surface area contributed by atoms with Crippen LogP contribution >= 0.6 is 0 Å². The zero-order chi connectivity index (χ0) is 22.7. The van der Waals surface area contributed by atoms with Gasteiger partial charge in [0.1, 0.15) is 0 Å². The van der Waals surface area contributed by atoms with Crippen molar-refractivity contribution >= 4 is 22.7 Å². The van der Waals surface area contributed by atoms with Gasteiger partial charge in [0.2, 0.25) is 0 Å². The molecular formula is C29H28O4. The van der Waals surface area contributed by atoms with Crippen LogP contribution in [0.25, 0.3) is 21.9 Å². The molecular weight excluding hydrogens is 412 g/mol. The Hall–Kier alpha value is -3.14. The topological polar surface area (TPSA) is 63.6 Å². The normalized spacial score (nSPS) is 27.6. The van der Waals surface area contributed by atoms with Gasteiger partial charge in [-0.15, -0.1) is 0 Å². The van der Waals surface area contributed by atoms with Gasteiger partial charge in [-0.1, -0.05) is 24.3 Å². The van der Waals surface area contributed by atoms with Crippen molar-refractivity contribution < 1.29 is 19.4 Å². The lowest BCUT2D eigenvalue weighted by Crippen LogP contribution is -2.49. The number of carboxylic acids is 1. The Balaban J connectivity index is 1.46. The summed E-state index contributed by atoms with van der Waals surface area (Å²) < 4.78 is 5.19. The zero-order valence-corrected chi connectivity index (χ0v) is 18.8. The number of rotatable bonds is 4. The molecule has 33 heavy (non-hydrogen) atoms. The van der Waals surface area contributed by atoms with Gasteiger partial charge < -0.3 is 9.84 Å². The van der Waals surface area contributed by atoms with Crippen LogP contribution < -0.4 is 0 Å². The third kappa shape index (κ3) is 3.35. The average molecular weight is 441 g/mol. The fourth-order valence-electron chi connectivity index (χ4n) is 7.45. The molecule has 4 aliphatic rings. The fraction of sp³-hybridized carbons (Fsp3) is 0.379. The van der Waals surface area contributed by atoms with Crippen LogP contribution in [-0.2, 0) is 10.2 Å². The van der Waals surface area contributed by atoms with Gasteiger partial charge in [-0.05, 0) is 119 Å². The fourth-order valence-corrected chi connectivity index (χ4v) is 7.45. The number of aromatic carboxylic acids is 1. The van der Waals surface area contributed by atoms with E-state index in [0.29, 0.717) is 5.56 Å². The number of carbonyl (C=O) groups is 2. The molecule has 4 heteroatoms. The Morgan fingerprint density at radius 2 is 1.39 bits per heavy atom. The molecule has 0 atom stereocenters. The summed E-state index contributed by atoms with van der Waals surface area (Å²) >= 11 is 0. The van der Waals surface area contributed by atoms with Gasteiger partial charge in [0.05, 0.1) is 18.2 Å². The molecule has 0 saturated heterocycles. The molecule has 7 rings (SSSR count). The van der Waals surface area contributed by atoms with Crippen LogP contribution in [0, 0.1) is 17.8 Å². The molecule has 0 aromatic heterocycles. The number of esters is 1. The summed E-state index contributed by atoms with van der Waals surface area (Å²) in [5.74, 6) is 1.20. The maximum absolute atomic E-state index is 12.8. The Bertz CT molecular complexity index is 1250. The lowest BCUT2D eigenvalue weighted by Gasteiger charge is -2.57. The summed E-state index contributed by atoms with van der Waals surface area (Å²) in [6, 6.07) is 17.6. The number of hydrogen-bond donors (Lipinski definition) is 1. The van der Waals surface area contributed by atoms with Crippen molar-refractivity contribution in [3.63, 3.8) is 0 Å². The first kappa shape index (κ1) is 20.5. The highest BCUT2D eigenvalue weighted by Gasteiger charge is 2.52. The minimum Gasteiger partial charge on any atom is -0.478 e. The van der Waals surface area contributed by atoms with Crippen LogP contribution in [0.1, 0.15) is 64.8 Å². The summed E-state index contributed by atoms with van der Waals surface area (Å²) in [5, 5.41) is 11.2. The zero-order valence-electron chi connectivity index (χ0n) is 18.8. The van der Waals surface area contributed by atoms with E-state index in [1.165, 1.54) is 51.2 Å². The molecule has 4 fully saturated rings. The molecule has 3 aromatic carbocycles. The maximum Gasteiger partial charge on any atom is 0.338 e. The maximum atomic E-state index is 12.8. The molecule has 4 nitrogen and oxygen atoms in total. The molecule has 1 N–H and O–H groups in total. The lowest BCUT2D eigenvalue weighted by atomic mass is 9.47. The minimum atomic E-state index is -0.917. The molecule has 0 unspecified atom stereocenters. The molecule has 0 radical (unpaired) electrons. The van der Waals surface area contributed by atoms with E-state index >= 15 is 0 Å². The largest absolute Gasteiger partial charge is 0.478 e. The molecule has 4 saturated carbocycles. The number of carboxylic acid groups (broad SMARTS) is 1. The number of hydrogen-bond acceptors (Lipinski definition) is 3. The summed E-state index contributed by atoms with van der Waals surface area (Å²) in [4.78, 5) is 24.1. The molecule has 0 aliphatic heterocycles. The number of ether oxygens (including phenoxy) is 1. The van der Waals surface area contributed by atoms with E-state index in [9.17, 15) is 14.7 Å². The molecule has 4 aliphatic carbocycles. The molecule has 0 amide bonds. The van der Waals surface area contributed by atoms with Crippen molar-refractivity contribution in [2.45, 2.75) is 43.9 Å². The highest BCUT2D eigenvalue weighted by Crippen LogP contribution is 2.61. The quantitative estimate of drug-likeness (QED) is 0.473. The summed E-state index contributed by atoms with van der Waals surface area (Å²) in [6.07, 6.45) is 7.62. The Morgan fingerprint density at radius 3 is 2.03 bits per heavy atom.